The molecule has 114 valence electrons. The first-order valence-corrected chi connectivity index (χ1v) is 7.38. The van der Waals surface area contributed by atoms with Gasteiger partial charge in [-0.3, -0.25) is 4.79 Å². The number of carbonyl (C=O) groups is 2. The number of nitrogens with zero attached hydrogens (tertiary/aromatic N) is 1. The summed E-state index contributed by atoms with van der Waals surface area (Å²) in [4.78, 5) is 25.8. The van der Waals surface area contributed by atoms with Crippen LogP contribution in [0.25, 0.3) is 0 Å². The van der Waals surface area contributed by atoms with Gasteiger partial charge in [-0.15, -0.1) is 0 Å². The number of amides is 1. The van der Waals surface area contributed by atoms with E-state index in [0.29, 0.717) is 25.1 Å². The highest BCUT2D eigenvalue weighted by molar-refractivity contribution is 5.88. The zero-order valence-electron chi connectivity index (χ0n) is 12.3. The molecule has 5 nitrogen and oxygen atoms in total. The van der Waals surface area contributed by atoms with Gasteiger partial charge in [-0.2, -0.15) is 0 Å². The lowest BCUT2D eigenvalue weighted by Gasteiger charge is -2.34. The molecule has 2 rings (SSSR count). The molecule has 0 spiro atoms. The average Bonchev–Trinajstić information content (AvgIpc) is 2.84. The van der Waals surface area contributed by atoms with E-state index in [1.807, 2.05) is 13.0 Å². The number of benzene rings is 1. The Kier molecular flexibility index (Phi) is 4.50. The van der Waals surface area contributed by atoms with Gasteiger partial charge < -0.3 is 15.7 Å². The summed E-state index contributed by atoms with van der Waals surface area (Å²) in [7, 11) is 0. The van der Waals surface area contributed by atoms with Gasteiger partial charge in [0, 0.05) is 12.2 Å². The summed E-state index contributed by atoms with van der Waals surface area (Å²) in [5, 5.41) is 9.61. The first kappa shape index (κ1) is 15.4. The summed E-state index contributed by atoms with van der Waals surface area (Å²) in [5.41, 5.74) is 6.13. The summed E-state index contributed by atoms with van der Waals surface area (Å²) in [6.45, 7) is 2.47. The maximum absolute atomic E-state index is 12.5. The van der Waals surface area contributed by atoms with Crippen LogP contribution in [-0.2, 0) is 16.0 Å². The molecule has 0 radical (unpaired) electrons. The summed E-state index contributed by atoms with van der Waals surface area (Å²) in [5.74, 6) is -1.02. The van der Waals surface area contributed by atoms with Gasteiger partial charge in [0.2, 0.25) is 5.91 Å². The summed E-state index contributed by atoms with van der Waals surface area (Å²) in [6.07, 6.45) is 2.73. The minimum atomic E-state index is -1.02. The summed E-state index contributed by atoms with van der Waals surface area (Å²) >= 11 is 0. The SMILES string of the molecule is CCCC1(C(=O)O)CCCN1C(=O)Cc1cccc(N)c1. The van der Waals surface area contributed by atoms with Gasteiger partial charge in [0.1, 0.15) is 5.54 Å². The van der Waals surface area contributed by atoms with Crippen molar-refractivity contribution in [3.8, 4) is 0 Å². The van der Waals surface area contributed by atoms with Crippen LogP contribution in [0.3, 0.4) is 0 Å². The Labute approximate surface area is 124 Å². The molecule has 3 N–H and O–H groups in total. The highest BCUT2D eigenvalue weighted by atomic mass is 16.4. The molecule has 1 atom stereocenters. The lowest BCUT2D eigenvalue weighted by Crippen LogP contribution is -2.53. The van der Waals surface area contributed by atoms with E-state index in [1.165, 1.54) is 0 Å². The van der Waals surface area contributed by atoms with Crippen LogP contribution in [0.15, 0.2) is 24.3 Å². The Balaban J connectivity index is 2.19. The maximum Gasteiger partial charge on any atom is 0.329 e. The van der Waals surface area contributed by atoms with Crippen molar-refractivity contribution in [2.75, 3.05) is 12.3 Å². The first-order chi connectivity index (χ1) is 9.99. The number of anilines is 1. The van der Waals surface area contributed by atoms with Gasteiger partial charge in [0.25, 0.3) is 0 Å². The Morgan fingerprint density at radius 1 is 1.43 bits per heavy atom. The topological polar surface area (TPSA) is 83.6 Å². The van der Waals surface area contributed by atoms with Crippen LogP contribution in [0.4, 0.5) is 5.69 Å². The molecular formula is C16H22N2O3. The molecule has 1 amide bonds. The third-order valence-electron chi connectivity index (χ3n) is 4.16. The Bertz CT molecular complexity index is 544. The minimum absolute atomic E-state index is 0.131. The molecule has 0 saturated carbocycles. The fourth-order valence-electron chi connectivity index (χ4n) is 3.22. The number of carboxylic acid groups (broad SMARTS) is 1. The molecule has 21 heavy (non-hydrogen) atoms. The van der Waals surface area contributed by atoms with Crippen LogP contribution < -0.4 is 5.73 Å². The number of nitrogens with two attached hydrogens (primary N) is 1. The van der Waals surface area contributed by atoms with Crippen molar-refractivity contribution in [2.45, 2.75) is 44.6 Å². The monoisotopic (exact) mass is 290 g/mol. The van der Waals surface area contributed by atoms with Crippen LogP contribution in [0.5, 0.6) is 0 Å². The highest BCUT2D eigenvalue weighted by Gasteiger charge is 2.48. The van der Waals surface area contributed by atoms with E-state index in [0.717, 1.165) is 18.4 Å². The predicted molar refractivity (Wildman–Crippen MR) is 80.8 cm³/mol. The third kappa shape index (κ3) is 3.01. The zero-order valence-corrected chi connectivity index (χ0v) is 12.3. The van der Waals surface area contributed by atoms with Gasteiger partial charge >= 0.3 is 5.97 Å². The molecular weight excluding hydrogens is 268 g/mol. The molecule has 1 aromatic carbocycles. The molecule has 1 aliphatic heterocycles. The average molecular weight is 290 g/mol. The largest absolute Gasteiger partial charge is 0.479 e. The van der Waals surface area contributed by atoms with Gasteiger partial charge in [0.05, 0.1) is 6.42 Å². The highest BCUT2D eigenvalue weighted by Crippen LogP contribution is 2.34. The second kappa shape index (κ2) is 6.16. The second-order valence-electron chi connectivity index (χ2n) is 5.66. The van der Waals surface area contributed by atoms with Gasteiger partial charge in [-0.05, 0) is 37.0 Å². The van der Waals surface area contributed by atoms with E-state index in [-0.39, 0.29) is 12.3 Å². The molecule has 0 bridgehead atoms. The zero-order chi connectivity index (χ0) is 15.5. The quantitative estimate of drug-likeness (QED) is 0.813. The summed E-state index contributed by atoms with van der Waals surface area (Å²) in [6, 6.07) is 7.17. The number of carbonyl (C=O) groups excluding carboxylic acids is 1. The number of nitrogen functional groups attached to an aromatic ring is 1. The van der Waals surface area contributed by atoms with Crippen molar-refractivity contribution >= 4 is 17.6 Å². The van der Waals surface area contributed by atoms with E-state index in [4.69, 9.17) is 5.73 Å². The fraction of sp³-hybridized carbons (Fsp3) is 0.500. The molecule has 1 aromatic rings. The van der Waals surface area contributed by atoms with Crippen molar-refractivity contribution in [3.05, 3.63) is 29.8 Å². The van der Waals surface area contributed by atoms with Crippen LogP contribution in [0.2, 0.25) is 0 Å². The van der Waals surface area contributed by atoms with Crippen LogP contribution in [0, 0.1) is 0 Å². The van der Waals surface area contributed by atoms with Gasteiger partial charge in [-0.1, -0.05) is 25.5 Å². The lowest BCUT2D eigenvalue weighted by molar-refractivity contribution is -0.156. The first-order valence-electron chi connectivity index (χ1n) is 7.38. The number of rotatable bonds is 5. The van der Waals surface area contributed by atoms with E-state index >= 15 is 0 Å². The molecule has 1 heterocycles. The van der Waals surface area contributed by atoms with Crippen LogP contribution in [-0.4, -0.2) is 34.0 Å². The fourth-order valence-corrected chi connectivity index (χ4v) is 3.22. The second-order valence-corrected chi connectivity index (χ2v) is 5.66. The van der Waals surface area contributed by atoms with E-state index in [2.05, 4.69) is 0 Å². The Morgan fingerprint density at radius 3 is 2.81 bits per heavy atom. The van der Waals surface area contributed by atoms with Gasteiger partial charge in [-0.25, -0.2) is 4.79 Å². The van der Waals surface area contributed by atoms with Crippen molar-refractivity contribution in [1.82, 2.24) is 4.90 Å². The molecule has 5 heteroatoms. The van der Waals surface area contributed by atoms with E-state index in [9.17, 15) is 14.7 Å². The number of hydrogen-bond acceptors (Lipinski definition) is 3. The third-order valence-corrected chi connectivity index (χ3v) is 4.16. The van der Waals surface area contributed by atoms with E-state index in [1.54, 1.807) is 23.1 Å². The number of carboxylic acids is 1. The van der Waals surface area contributed by atoms with Crippen LogP contribution >= 0.6 is 0 Å². The normalized spacial score (nSPS) is 21.5. The Morgan fingerprint density at radius 2 is 2.19 bits per heavy atom. The van der Waals surface area contributed by atoms with Gasteiger partial charge in [0.15, 0.2) is 0 Å². The maximum atomic E-state index is 12.5. The molecule has 1 fully saturated rings. The lowest BCUT2D eigenvalue weighted by atomic mass is 9.90. The smallest absolute Gasteiger partial charge is 0.329 e. The molecule has 1 saturated heterocycles. The number of likely N-dealkylation sites (tertiary alicyclic amines) is 1. The minimum Gasteiger partial charge on any atom is -0.479 e. The molecule has 1 aliphatic rings. The number of aliphatic carboxylic acids is 1. The van der Waals surface area contributed by atoms with Crippen molar-refractivity contribution in [1.29, 1.82) is 0 Å². The molecule has 0 aromatic heterocycles. The van der Waals surface area contributed by atoms with Crippen LogP contribution in [0.1, 0.15) is 38.2 Å². The van der Waals surface area contributed by atoms with Crippen molar-refractivity contribution in [2.24, 2.45) is 0 Å². The molecule has 1 unspecified atom stereocenters. The number of hydrogen-bond donors (Lipinski definition) is 2. The van der Waals surface area contributed by atoms with Crippen molar-refractivity contribution in [3.63, 3.8) is 0 Å². The standard InChI is InChI=1S/C16H22N2O3/c1-2-7-16(15(20)21)8-4-9-18(16)14(19)11-12-5-3-6-13(17)10-12/h3,5-6,10H,2,4,7-9,11,17H2,1H3,(H,20,21). The predicted octanol–water partition coefficient (Wildman–Crippen LogP) is 2.06. The Hall–Kier alpha value is -2.04. The molecule has 0 aliphatic carbocycles. The summed E-state index contributed by atoms with van der Waals surface area (Å²) < 4.78 is 0. The van der Waals surface area contributed by atoms with Crippen molar-refractivity contribution < 1.29 is 14.7 Å². The van der Waals surface area contributed by atoms with E-state index < -0.39 is 11.5 Å².